The number of aliphatic hydroxyl groups excluding tert-OH is 1. The molecule has 0 saturated heterocycles. The lowest BCUT2D eigenvalue weighted by atomic mass is 10.2. The summed E-state index contributed by atoms with van der Waals surface area (Å²) < 4.78 is 13.5. The summed E-state index contributed by atoms with van der Waals surface area (Å²) in [5.41, 5.74) is -1.37. The molecule has 0 fully saturated rings. The third-order valence-corrected chi connectivity index (χ3v) is 2.62. The molecule has 1 heterocycles. The molecule has 94 valence electrons. The summed E-state index contributed by atoms with van der Waals surface area (Å²) in [6.45, 7) is -0.0752. The number of aliphatic hydroxyl groups is 1. The van der Waals surface area contributed by atoms with Gasteiger partial charge in [-0.15, -0.1) is 0 Å². The number of nitrogens with zero attached hydrogens (tertiary/aromatic N) is 2. The summed E-state index contributed by atoms with van der Waals surface area (Å²) in [5, 5.41) is 8.82. The van der Waals surface area contributed by atoms with Gasteiger partial charge in [0, 0.05) is 30.0 Å². The molecule has 1 amide bonds. The Balaban J connectivity index is 2.76. The number of hydrogen-bond acceptors (Lipinski definition) is 3. The van der Waals surface area contributed by atoms with E-state index in [1.54, 1.807) is 18.5 Å². The van der Waals surface area contributed by atoms with Gasteiger partial charge in [0.1, 0.15) is 0 Å². The van der Waals surface area contributed by atoms with Gasteiger partial charge in [0.05, 0.1) is 6.61 Å². The molecule has 1 atom stereocenters. The van der Waals surface area contributed by atoms with Crippen LogP contribution < -0.4 is 0 Å². The Bertz CT molecular complexity index is 392. The number of pyridine rings is 1. The van der Waals surface area contributed by atoms with Gasteiger partial charge in [-0.25, -0.2) is 4.39 Å². The van der Waals surface area contributed by atoms with E-state index in [0.717, 1.165) is 14.9 Å². The Morgan fingerprint density at radius 1 is 1.65 bits per heavy atom. The second kappa shape index (κ2) is 6.88. The van der Waals surface area contributed by atoms with E-state index < -0.39 is 11.5 Å². The summed E-state index contributed by atoms with van der Waals surface area (Å²) in [6, 6.07) is 1.76. The molecule has 17 heavy (non-hydrogen) atoms. The van der Waals surface area contributed by atoms with Crippen LogP contribution in [0.1, 0.15) is 5.56 Å². The third-order valence-electron chi connectivity index (χ3n) is 2.00. The van der Waals surface area contributed by atoms with Crippen LogP contribution in [0.25, 0.3) is 0 Å². The lowest BCUT2D eigenvalue weighted by Gasteiger charge is -2.21. The van der Waals surface area contributed by atoms with Gasteiger partial charge in [-0.05, 0) is 27.6 Å². The molecule has 0 saturated carbocycles. The first-order valence-electron chi connectivity index (χ1n) is 4.82. The smallest absolute Gasteiger partial charge is 0.273 e. The number of halogens is 3. The maximum Gasteiger partial charge on any atom is 0.273 e. The van der Waals surface area contributed by atoms with Crippen LogP contribution in [0.3, 0.4) is 0 Å². The van der Waals surface area contributed by atoms with E-state index in [1.807, 2.05) is 0 Å². The van der Waals surface area contributed by atoms with E-state index in [0.29, 0.717) is 0 Å². The largest absolute Gasteiger partial charge is 0.395 e. The average molecular weight is 326 g/mol. The van der Waals surface area contributed by atoms with Gasteiger partial charge >= 0.3 is 0 Å². The number of aromatic nitrogens is 1. The second-order valence-corrected chi connectivity index (χ2v) is 4.59. The summed E-state index contributed by atoms with van der Waals surface area (Å²) in [5.74, 6) is -0.860. The van der Waals surface area contributed by atoms with Crippen molar-refractivity contribution in [1.29, 1.82) is 0 Å². The number of carbonyl (C=O) groups excluding carboxylic acids is 1. The molecule has 0 radical (unpaired) electrons. The van der Waals surface area contributed by atoms with Crippen LogP contribution in [-0.2, 0) is 11.3 Å². The zero-order chi connectivity index (χ0) is 12.8. The number of hydrogen-bond donors (Lipinski definition) is 1. The van der Waals surface area contributed by atoms with E-state index in [2.05, 4.69) is 20.9 Å². The maximum atomic E-state index is 12.7. The fourth-order valence-corrected chi connectivity index (χ4v) is 1.84. The van der Waals surface area contributed by atoms with Gasteiger partial charge < -0.3 is 10.0 Å². The third kappa shape index (κ3) is 4.57. The Morgan fingerprint density at radius 3 is 2.88 bits per heavy atom. The highest BCUT2D eigenvalue weighted by Crippen LogP contribution is 2.13. The van der Waals surface area contributed by atoms with Crippen LogP contribution in [-0.4, -0.2) is 39.7 Å². The highest BCUT2D eigenvalue weighted by atomic mass is 79.9. The van der Waals surface area contributed by atoms with Crippen LogP contribution in [0.2, 0.25) is 0 Å². The Morgan fingerprint density at radius 2 is 2.35 bits per heavy atom. The van der Waals surface area contributed by atoms with Crippen molar-refractivity contribution in [3.8, 4) is 0 Å². The van der Waals surface area contributed by atoms with Crippen LogP contribution >= 0.6 is 27.5 Å². The topological polar surface area (TPSA) is 53.4 Å². The fraction of sp³-hybridized carbons (Fsp3) is 0.400. The molecule has 0 bridgehead atoms. The van der Waals surface area contributed by atoms with Gasteiger partial charge in [-0.1, -0.05) is 11.6 Å². The number of rotatable bonds is 5. The van der Waals surface area contributed by atoms with Crippen molar-refractivity contribution in [2.24, 2.45) is 0 Å². The Hall–Kier alpha value is -0.720. The van der Waals surface area contributed by atoms with E-state index in [4.69, 9.17) is 16.7 Å². The Kier molecular flexibility index (Phi) is 5.80. The van der Waals surface area contributed by atoms with Crippen molar-refractivity contribution in [1.82, 2.24) is 9.88 Å². The van der Waals surface area contributed by atoms with Crippen molar-refractivity contribution >= 4 is 33.4 Å². The molecule has 0 aliphatic heterocycles. The summed E-state index contributed by atoms with van der Waals surface area (Å²) in [4.78, 5) is 16.5. The molecule has 0 aromatic carbocycles. The van der Waals surface area contributed by atoms with E-state index in [1.165, 1.54) is 0 Å². The second-order valence-electron chi connectivity index (χ2n) is 3.30. The van der Waals surface area contributed by atoms with E-state index in [-0.39, 0.29) is 19.7 Å². The van der Waals surface area contributed by atoms with Crippen molar-refractivity contribution in [3.05, 3.63) is 28.5 Å². The summed E-state index contributed by atoms with van der Waals surface area (Å²) >= 11 is 8.33. The molecular formula is C10H11BrClFN2O2. The zero-order valence-electron chi connectivity index (χ0n) is 8.81. The maximum absolute atomic E-state index is 12.7. The van der Waals surface area contributed by atoms with Crippen LogP contribution in [0.5, 0.6) is 0 Å². The minimum atomic E-state index is -2.10. The lowest BCUT2D eigenvalue weighted by Crippen LogP contribution is -2.36. The predicted octanol–water partition coefficient (Wildman–Crippen LogP) is 1.70. The highest BCUT2D eigenvalue weighted by molar-refractivity contribution is 9.10. The van der Waals surface area contributed by atoms with Gasteiger partial charge in [0.25, 0.3) is 11.5 Å². The SMILES string of the molecule is O=C(C(F)Cl)N(CCO)Cc1cncc(Br)c1. The lowest BCUT2D eigenvalue weighted by molar-refractivity contribution is -0.134. The molecule has 1 aromatic rings. The van der Waals surface area contributed by atoms with E-state index >= 15 is 0 Å². The summed E-state index contributed by atoms with van der Waals surface area (Å²) in [7, 11) is 0. The highest BCUT2D eigenvalue weighted by Gasteiger charge is 2.21. The monoisotopic (exact) mass is 324 g/mol. The number of alkyl halides is 2. The van der Waals surface area contributed by atoms with Crippen molar-refractivity contribution < 1.29 is 14.3 Å². The minimum Gasteiger partial charge on any atom is -0.395 e. The molecule has 1 N–H and O–H groups in total. The van der Waals surface area contributed by atoms with E-state index in [9.17, 15) is 9.18 Å². The molecule has 4 nitrogen and oxygen atoms in total. The molecule has 1 unspecified atom stereocenters. The van der Waals surface area contributed by atoms with Crippen molar-refractivity contribution in [2.45, 2.75) is 12.2 Å². The van der Waals surface area contributed by atoms with Crippen LogP contribution in [0.4, 0.5) is 4.39 Å². The first kappa shape index (κ1) is 14.3. The predicted molar refractivity (Wildman–Crippen MR) is 65.2 cm³/mol. The number of carbonyl (C=O) groups is 1. The molecule has 0 aliphatic carbocycles. The van der Waals surface area contributed by atoms with Gasteiger partial charge in [0.2, 0.25) is 0 Å². The molecular weight excluding hydrogens is 314 g/mol. The fourth-order valence-electron chi connectivity index (χ4n) is 1.29. The van der Waals surface area contributed by atoms with Crippen LogP contribution in [0, 0.1) is 0 Å². The normalized spacial score (nSPS) is 12.2. The van der Waals surface area contributed by atoms with Crippen molar-refractivity contribution in [2.75, 3.05) is 13.2 Å². The van der Waals surface area contributed by atoms with Crippen LogP contribution in [0.15, 0.2) is 22.9 Å². The molecule has 1 aromatic heterocycles. The minimum absolute atomic E-state index is 0.0263. The van der Waals surface area contributed by atoms with Gasteiger partial charge in [0.15, 0.2) is 0 Å². The Labute approximate surface area is 112 Å². The van der Waals surface area contributed by atoms with Crippen molar-refractivity contribution in [3.63, 3.8) is 0 Å². The van der Waals surface area contributed by atoms with Gasteiger partial charge in [-0.3, -0.25) is 9.78 Å². The molecule has 1 rings (SSSR count). The first-order chi connectivity index (χ1) is 8.04. The molecule has 0 aliphatic rings. The average Bonchev–Trinajstić information content (AvgIpc) is 2.27. The number of amides is 1. The van der Waals surface area contributed by atoms with Gasteiger partial charge in [-0.2, -0.15) is 0 Å². The standard InChI is InChI=1S/C10H11BrClFN2O2/c11-8-3-7(4-14-5-8)6-15(1-2-16)10(17)9(12)13/h3-5,9,16H,1-2,6H2. The summed E-state index contributed by atoms with van der Waals surface area (Å²) in [6.07, 6.45) is 3.16. The molecule has 7 heteroatoms. The zero-order valence-corrected chi connectivity index (χ0v) is 11.2. The first-order valence-corrected chi connectivity index (χ1v) is 6.04. The quantitative estimate of drug-likeness (QED) is 0.838. The molecule has 0 spiro atoms.